The van der Waals surface area contributed by atoms with Gasteiger partial charge >= 0.3 is 65.1 Å². The Labute approximate surface area is 98.9 Å². The number of hydrogen-bond donors (Lipinski definition) is 3. The number of rotatable bonds is 1. The van der Waals surface area contributed by atoms with Crippen LogP contribution >= 0.6 is 0 Å². The summed E-state index contributed by atoms with van der Waals surface area (Å²) in [5.41, 5.74) is 0. The zero-order valence-corrected chi connectivity index (χ0v) is 4.22. The molecule has 0 aromatic carbocycles. The van der Waals surface area contributed by atoms with Gasteiger partial charge in [0.15, 0.2) is 0 Å². The average molecular weight is 154 g/mol. The van der Waals surface area contributed by atoms with Gasteiger partial charge in [-0.05, 0) is 0 Å². The Morgan fingerprint density at radius 1 is 1.44 bits per heavy atom. The number of hydrazine groups is 1. The van der Waals surface area contributed by atoms with Crippen molar-refractivity contribution < 1.29 is 9.90 Å². The van der Waals surface area contributed by atoms with Gasteiger partial charge in [-0.25, -0.2) is 0 Å². The molecule has 0 fully saturated rings. The second-order valence-corrected chi connectivity index (χ2v) is 0.747. The van der Waals surface area contributed by atoms with Gasteiger partial charge in [0.2, 0.25) is 0 Å². The molecule has 0 bridgehead atoms. The van der Waals surface area contributed by atoms with Gasteiger partial charge in [-0.15, -0.1) is 0 Å². The van der Waals surface area contributed by atoms with Crippen LogP contribution in [0.5, 0.6) is 0 Å². The van der Waals surface area contributed by atoms with Crippen molar-refractivity contribution in [2.75, 3.05) is 0 Å². The molecule has 0 rings (SSSR count). The van der Waals surface area contributed by atoms with Gasteiger partial charge in [0, 0.05) is 6.42 Å². The van der Waals surface area contributed by atoms with Crippen molar-refractivity contribution in [1.82, 2.24) is 0 Å². The molecule has 9 heavy (non-hydrogen) atoms. The average Bonchev–Trinajstić information content (AvgIpc) is 1.73. The van der Waals surface area contributed by atoms with Crippen LogP contribution in [0.3, 0.4) is 0 Å². The van der Waals surface area contributed by atoms with E-state index < -0.39 is 5.97 Å². The molecule has 0 radical (unpaired) electrons. The number of hydrogen-bond acceptors (Lipinski definition) is 3. The number of nitrogens with two attached hydrogens (primary N) is 2. The number of carboxylic acid groups (broad SMARTS) is 1. The predicted molar refractivity (Wildman–Crippen MR) is 40.6 cm³/mol. The second-order valence-electron chi connectivity index (χ2n) is 0.747. The molecule has 0 aliphatic rings. The molecule has 0 aliphatic heterocycles. The molecule has 0 saturated carbocycles. The first-order chi connectivity index (χ1) is 3.27. The molecule has 5 N–H and O–H groups in total. The van der Waals surface area contributed by atoms with Crippen LogP contribution in [-0.2, 0) is 4.79 Å². The molecular formula is C3H12N2Na2O2. The Balaban J connectivity index is -0.0000000286. The summed E-state index contributed by atoms with van der Waals surface area (Å²) < 4.78 is 0. The molecule has 0 atom stereocenters. The van der Waals surface area contributed by atoms with Gasteiger partial charge < -0.3 is 5.11 Å². The van der Waals surface area contributed by atoms with E-state index in [0.29, 0.717) is 0 Å². The van der Waals surface area contributed by atoms with Crippen LogP contribution in [0.15, 0.2) is 0 Å². The van der Waals surface area contributed by atoms with Gasteiger partial charge in [0.25, 0.3) is 0 Å². The van der Waals surface area contributed by atoms with Crippen LogP contribution < -0.4 is 11.7 Å². The SMILES string of the molecule is CCC(=O)O.NN.[NaH].[NaH]. The molecule has 0 aromatic heterocycles. The fourth-order valence-electron chi connectivity index (χ4n) is 0. The Morgan fingerprint density at radius 3 is 1.56 bits per heavy atom. The molecule has 0 saturated heterocycles. The van der Waals surface area contributed by atoms with E-state index in [1.54, 1.807) is 6.92 Å². The molecule has 0 amide bonds. The number of carbonyl (C=O) groups is 1. The number of carboxylic acids is 1. The van der Waals surface area contributed by atoms with Gasteiger partial charge in [0.05, 0.1) is 0 Å². The summed E-state index contributed by atoms with van der Waals surface area (Å²) in [5, 5.41) is 7.72. The first-order valence-corrected chi connectivity index (χ1v) is 1.82. The molecule has 0 unspecified atom stereocenters. The van der Waals surface area contributed by atoms with Gasteiger partial charge in [-0.3, -0.25) is 16.5 Å². The van der Waals surface area contributed by atoms with Crippen LogP contribution in [0.25, 0.3) is 0 Å². The molecule has 6 heteroatoms. The van der Waals surface area contributed by atoms with Crippen LogP contribution in [0.1, 0.15) is 13.3 Å². The van der Waals surface area contributed by atoms with Crippen molar-refractivity contribution in [3.05, 3.63) is 0 Å². The van der Waals surface area contributed by atoms with E-state index in [4.69, 9.17) is 5.11 Å². The monoisotopic (exact) mass is 154 g/mol. The van der Waals surface area contributed by atoms with Crippen molar-refractivity contribution in [1.29, 1.82) is 0 Å². The predicted octanol–water partition coefficient (Wildman–Crippen LogP) is -2.00. The summed E-state index contributed by atoms with van der Waals surface area (Å²) in [4.78, 5) is 9.37. The van der Waals surface area contributed by atoms with E-state index in [1.807, 2.05) is 0 Å². The van der Waals surface area contributed by atoms with Gasteiger partial charge in [-0.2, -0.15) is 0 Å². The van der Waals surface area contributed by atoms with Crippen LogP contribution in [0.2, 0.25) is 0 Å². The van der Waals surface area contributed by atoms with Crippen molar-refractivity contribution in [3.63, 3.8) is 0 Å². The Kier molecular flexibility index (Phi) is 56.7. The molecule has 0 aliphatic carbocycles. The second kappa shape index (κ2) is 22.8. The van der Waals surface area contributed by atoms with E-state index in [9.17, 15) is 4.79 Å². The van der Waals surface area contributed by atoms with E-state index in [1.165, 1.54) is 0 Å². The van der Waals surface area contributed by atoms with E-state index in [0.717, 1.165) is 0 Å². The fraction of sp³-hybridized carbons (Fsp3) is 0.667. The maximum atomic E-state index is 9.37. The molecule has 4 nitrogen and oxygen atoms in total. The summed E-state index contributed by atoms with van der Waals surface area (Å²) in [6.07, 6.45) is 0.222. The third-order valence-corrected chi connectivity index (χ3v) is 0.302. The van der Waals surface area contributed by atoms with Crippen molar-refractivity contribution in [2.24, 2.45) is 11.7 Å². The van der Waals surface area contributed by atoms with Gasteiger partial charge in [-0.1, -0.05) is 6.92 Å². The summed E-state index contributed by atoms with van der Waals surface area (Å²) in [6.45, 7) is 1.60. The van der Waals surface area contributed by atoms with E-state index in [-0.39, 0.29) is 65.5 Å². The quantitative estimate of drug-likeness (QED) is 0.231. The zero-order valence-electron chi connectivity index (χ0n) is 4.22. The van der Waals surface area contributed by atoms with Crippen molar-refractivity contribution in [2.45, 2.75) is 13.3 Å². The van der Waals surface area contributed by atoms with E-state index >= 15 is 0 Å². The van der Waals surface area contributed by atoms with Crippen molar-refractivity contribution in [3.8, 4) is 0 Å². The summed E-state index contributed by atoms with van der Waals surface area (Å²) >= 11 is 0. The first kappa shape index (κ1) is 22.4. The van der Waals surface area contributed by atoms with Gasteiger partial charge in [0.1, 0.15) is 0 Å². The minimum atomic E-state index is -0.745. The molecule has 0 heterocycles. The van der Waals surface area contributed by atoms with Crippen LogP contribution in [0.4, 0.5) is 0 Å². The van der Waals surface area contributed by atoms with Crippen LogP contribution in [0, 0.1) is 0 Å². The number of aliphatic carboxylic acids is 1. The van der Waals surface area contributed by atoms with Crippen LogP contribution in [-0.4, -0.2) is 70.2 Å². The Morgan fingerprint density at radius 2 is 1.56 bits per heavy atom. The summed E-state index contributed by atoms with van der Waals surface area (Å²) in [5.74, 6) is 7.25. The molecular weight excluding hydrogens is 142 g/mol. The summed E-state index contributed by atoms with van der Waals surface area (Å²) in [6, 6.07) is 0. The topological polar surface area (TPSA) is 89.3 Å². The van der Waals surface area contributed by atoms with Crippen molar-refractivity contribution >= 4 is 65.1 Å². The third kappa shape index (κ3) is 44.6. The third-order valence-electron chi connectivity index (χ3n) is 0.302. The molecule has 48 valence electrons. The Bertz CT molecular complexity index is 53.1. The molecule has 0 aromatic rings. The summed E-state index contributed by atoms with van der Waals surface area (Å²) in [7, 11) is 0. The Hall–Kier alpha value is 1.39. The maximum absolute atomic E-state index is 9.37. The zero-order chi connectivity index (χ0) is 6.28. The minimum absolute atomic E-state index is 0. The fourth-order valence-corrected chi connectivity index (χ4v) is 0. The first-order valence-electron chi connectivity index (χ1n) is 1.82. The normalized spacial score (nSPS) is 4.78. The standard InChI is InChI=1S/C3H6O2.H4N2.2Na.2H/c1-2-3(4)5;1-2;;;;/h2H2,1H3,(H,4,5);1-2H2;;;;. The van der Waals surface area contributed by atoms with E-state index in [2.05, 4.69) is 11.7 Å². The molecule has 0 spiro atoms.